The van der Waals surface area contributed by atoms with Gasteiger partial charge < -0.3 is 14.8 Å². The number of halogens is 1. The van der Waals surface area contributed by atoms with Crippen molar-refractivity contribution in [3.05, 3.63) is 22.7 Å². The van der Waals surface area contributed by atoms with Gasteiger partial charge >= 0.3 is 0 Å². The molecule has 0 bridgehead atoms. The van der Waals surface area contributed by atoms with Crippen LogP contribution in [0.2, 0.25) is 5.02 Å². The van der Waals surface area contributed by atoms with Crippen LogP contribution < -0.4 is 14.8 Å². The molecule has 1 aliphatic heterocycles. The number of rotatable bonds is 8. The summed E-state index contributed by atoms with van der Waals surface area (Å²) in [6.07, 6.45) is 1.55. The van der Waals surface area contributed by atoms with Crippen LogP contribution in [0.4, 0.5) is 0 Å². The molecule has 1 saturated heterocycles. The molecule has 23 heavy (non-hydrogen) atoms. The highest BCUT2D eigenvalue weighted by Crippen LogP contribution is 2.36. The lowest BCUT2D eigenvalue weighted by molar-refractivity contribution is 0.277. The van der Waals surface area contributed by atoms with Crippen molar-refractivity contribution in [3.63, 3.8) is 0 Å². The van der Waals surface area contributed by atoms with E-state index in [0.717, 1.165) is 12.0 Å². The zero-order chi connectivity index (χ0) is 16.9. The van der Waals surface area contributed by atoms with Crippen molar-refractivity contribution in [1.82, 2.24) is 5.32 Å². The van der Waals surface area contributed by atoms with Gasteiger partial charge in [0.2, 0.25) is 0 Å². The maximum absolute atomic E-state index is 11.5. The summed E-state index contributed by atoms with van der Waals surface area (Å²) in [5.74, 6) is 1.67. The highest BCUT2D eigenvalue weighted by molar-refractivity contribution is 7.91. The molecule has 0 aromatic heterocycles. The smallest absolute Gasteiger partial charge is 0.179 e. The molecule has 2 rings (SSSR count). The van der Waals surface area contributed by atoms with E-state index in [1.807, 2.05) is 26.0 Å². The van der Waals surface area contributed by atoms with Crippen LogP contribution in [0.3, 0.4) is 0 Å². The van der Waals surface area contributed by atoms with Crippen LogP contribution in [0.25, 0.3) is 0 Å². The third-order valence-corrected chi connectivity index (χ3v) is 5.70. The van der Waals surface area contributed by atoms with Gasteiger partial charge in [0.25, 0.3) is 0 Å². The van der Waals surface area contributed by atoms with Gasteiger partial charge in [0.15, 0.2) is 21.3 Å². The lowest BCUT2D eigenvalue weighted by Gasteiger charge is -2.16. The maximum atomic E-state index is 11.5. The lowest BCUT2D eigenvalue weighted by atomic mass is 10.1. The summed E-state index contributed by atoms with van der Waals surface area (Å²) in [7, 11) is -2.88. The predicted molar refractivity (Wildman–Crippen MR) is 92.3 cm³/mol. The van der Waals surface area contributed by atoms with E-state index < -0.39 is 9.84 Å². The average Bonchev–Trinajstić information content (AvgIpc) is 2.84. The Morgan fingerprint density at radius 2 is 2.09 bits per heavy atom. The first-order valence-electron chi connectivity index (χ1n) is 7.97. The Morgan fingerprint density at radius 1 is 1.30 bits per heavy atom. The number of ether oxygens (including phenoxy) is 2. The van der Waals surface area contributed by atoms with Crippen LogP contribution in [0, 0.1) is 0 Å². The van der Waals surface area contributed by atoms with Crippen molar-refractivity contribution in [2.24, 2.45) is 0 Å². The fourth-order valence-corrected chi connectivity index (χ4v) is 4.54. The van der Waals surface area contributed by atoms with Crippen LogP contribution in [-0.4, -0.2) is 39.2 Å². The number of hydrogen-bond donors (Lipinski definition) is 1. The van der Waals surface area contributed by atoms with Crippen LogP contribution in [0.15, 0.2) is 12.1 Å². The Hall–Kier alpha value is -0.980. The molecular weight excluding hydrogens is 338 g/mol. The van der Waals surface area contributed by atoms with Crippen molar-refractivity contribution in [1.29, 1.82) is 0 Å². The lowest BCUT2D eigenvalue weighted by Crippen LogP contribution is -2.29. The topological polar surface area (TPSA) is 64.6 Å². The Kier molecular flexibility index (Phi) is 6.56. The fraction of sp³-hybridized carbons (Fsp3) is 0.625. The van der Waals surface area contributed by atoms with E-state index in [4.69, 9.17) is 21.1 Å². The first-order chi connectivity index (χ1) is 10.9. The molecule has 130 valence electrons. The van der Waals surface area contributed by atoms with E-state index in [2.05, 4.69) is 5.32 Å². The van der Waals surface area contributed by atoms with Crippen molar-refractivity contribution >= 4 is 21.4 Å². The minimum atomic E-state index is -2.88. The first kappa shape index (κ1) is 18.4. The monoisotopic (exact) mass is 361 g/mol. The summed E-state index contributed by atoms with van der Waals surface area (Å²) in [4.78, 5) is 0. The molecule has 1 N–H and O–H groups in total. The minimum absolute atomic E-state index is 0.00494. The van der Waals surface area contributed by atoms with Crippen molar-refractivity contribution in [2.75, 3.05) is 24.7 Å². The largest absolute Gasteiger partial charge is 0.490 e. The molecular formula is C16H24ClNO4S. The van der Waals surface area contributed by atoms with Gasteiger partial charge in [0, 0.05) is 12.6 Å². The molecule has 1 heterocycles. The van der Waals surface area contributed by atoms with Gasteiger partial charge in [-0.05, 0) is 37.5 Å². The third-order valence-electron chi connectivity index (χ3n) is 3.65. The number of hydrogen-bond acceptors (Lipinski definition) is 5. The molecule has 0 saturated carbocycles. The molecule has 0 spiro atoms. The zero-order valence-electron chi connectivity index (χ0n) is 13.6. The highest BCUT2D eigenvalue weighted by atomic mass is 35.5. The van der Waals surface area contributed by atoms with Gasteiger partial charge in [-0.2, -0.15) is 0 Å². The Morgan fingerprint density at radius 3 is 2.70 bits per heavy atom. The molecule has 1 fully saturated rings. The van der Waals surface area contributed by atoms with Crippen LogP contribution >= 0.6 is 11.6 Å². The molecule has 1 aromatic carbocycles. The zero-order valence-corrected chi connectivity index (χ0v) is 15.2. The minimum Gasteiger partial charge on any atom is -0.490 e. The van der Waals surface area contributed by atoms with Crippen molar-refractivity contribution in [2.45, 2.75) is 39.3 Å². The summed E-state index contributed by atoms with van der Waals surface area (Å²) in [6.45, 7) is 5.59. The van der Waals surface area contributed by atoms with Crippen LogP contribution in [0.5, 0.6) is 11.5 Å². The molecule has 1 unspecified atom stereocenters. The molecule has 7 heteroatoms. The van der Waals surface area contributed by atoms with Crippen molar-refractivity contribution in [3.8, 4) is 11.5 Å². The normalized spacial score (nSPS) is 19.7. The second-order valence-electron chi connectivity index (χ2n) is 5.67. The van der Waals surface area contributed by atoms with E-state index in [0.29, 0.717) is 42.7 Å². The van der Waals surface area contributed by atoms with Gasteiger partial charge in [-0.25, -0.2) is 8.42 Å². The highest BCUT2D eigenvalue weighted by Gasteiger charge is 2.27. The van der Waals surface area contributed by atoms with Crippen molar-refractivity contribution < 1.29 is 17.9 Å². The Balaban J connectivity index is 2.07. The summed E-state index contributed by atoms with van der Waals surface area (Å²) < 4.78 is 34.3. The summed E-state index contributed by atoms with van der Waals surface area (Å²) in [6, 6.07) is 3.74. The average molecular weight is 362 g/mol. The van der Waals surface area contributed by atoms with Crippen LogP contribution in [-0.2, 0) is 16.4 Å². The number of nitrogens with one attached hydrogen (secondary N) is 1. The Labute approximate surface area is 143 Å². The van der Waals surface area contributed by atoms with Gasteiger partial charge in [-0.1, -0.05) is 18.5 Å². The first-order valence-corrected chi connectivity index (χ1v) is 10.2. The van der Waals surface area contributed by atoms with E-state index >= 15 is 0 Å². The van der Waals surface area contributed by atoms with Crippen LogP contribution in [0.1, 0.15) is 32.3 Å². The van der Waals surface area contributed by atoms with Gasteiger partial charge in [0.05, 0.1) is 29.7 Å². The summed E-state index contributed by atoms with van der Waals surface area (Å²) in [5.41, 5.74) is 0.951. The summed E-state index contributed by atoms with van der Waals surface area (Å²) >= 11 is 6.32. The standard InChI is InChI=1S/C16H24ClNO4S/c1-3-6-22-16-14(17)8-12(9-15(16)21-4-2)10-18-13-5-7-23(19,20)11-13/h8-9,13,18H,3-7,10-11H2,1-2H3. The maximum Gasteiger partial charge on any atom is 0.179 e. The van der Waals surface area contributed by atoms with E-state index in [9.17, 15) is 8.42 Å². The van der Waals surface area contributed by atoms with E-state index in [1.54, 1.807) is 0 Å². The SMILES string of the molecule is CCCOc1c(Cl)cc(CNC2CCS(=O)(=O)C2)cc1OCC. The molecule has 1 aliphatic rings. The summed E-state index contributed by atoms with van der Waals surface area (Å²) in [5, 5.41) is 3.79. The molecule has 0 aliphatic carbocycles. The molecule has 0 amide bonds. The second-order valence-corrected chi connectivity index (χ2v) is 8.30. The van der Waals surface area contributed by atoms with E-state index in [-0.39, 0.29) is 17.5 Å². The van der Waals surface area contributed by atoms with E-state index in [1.165, 1.54) is 0 Å². The number of benzene rings is 1. The Bertz CT molecular complexity index is 633. The predicted octanol–water partition coefficient (Wildman–Crippen LogP) is 2.80. The number of sulfone groups is 1. The molecule has 5 nitrogen and oxygen atoms in total. The van der Waals surface area contributed by atoms with Gasteiger partial charge in [-0.15, -0.1) is 0 Å². The van der Waals surface area contributed by atoms with Gasteiger partial charge in [-0.3, -0.25) is 0 Å². The molecule has 1 aromatic rings. The molecule has 1 atom stereocenters. The second kappa shape index (κ2) is 8.22. The quantitative estimate of drug-likeness (QED) is 0.771. The van der Waals surface area contributed by atoms with Gasteiger partial charge in [0.1, 0.15) is 0 Å². The third kappa shape index (κ3) is 5.26. The molecule has 0 radical (unpaired) electrons. The fourth-order valence-electron chi connectivity index (χ4n) is 2.55.